The lowest BCUT2D eigenvalue weighted by molar-refractivity contribution is -0.119. The van der Waals surface area contributed by atoms with Gasteiger partial charge in [0.05, 0.1) is 12.0 Å². The normalized spacial score (nSPS) is 11.6. The summed E-state index contributed by atoms with van der Waals surface area (Å²) in [7, 11) is -0.889. The van der Waals surface area contributed by atoms with Crippen LogP contribution < -0.4 is 9.62 Å². The van der Waals surface area contributed by atoms with Crippen molar-refractivity contribution in [1.82, 2.24) is 19.2 Å². The molecule has 2 aromatic rings. The Morgan fingerprint density at radius 1 is 1.26 bits per heavy atom. The van der Waals surface area contributed by atoms with Gasteiger partial charge in [-0.1, -0.05) is 12.1 Å². The number of nitrogens with one attached hydrogen (secondary N) is 1. The summed E-state index contributed by atoms with van der Waals surface area (Å²) in [5.41, 5.74) is 2.23. The van der Waals surface area contributed by atoms with Gasteiger partial charge in [0.15, 0.2) is 0 Å². The zero-order valence-corrected chi connectivity index (χ0v) is 17.0. The van der Waals surface area contributed by atoms with Crippen molar-refractivity contribution in [2.75, 3.05) is 31.5 Å². The lowest BCUT2D eigenvalue weighted by Gasteiger charge is -2.28. The zero-order valence-electron chi connectivity index (χ0n) is 16.2. The van der Waals surface area contributed by atoms with Gasteiger partial charge in [-0.2, -0.15) is 12.7 Å². The van der Waals surface area contributed by atoms with Crippen molar-refractivity contribution in [3.8, 4) is 0 Å². The Morgan fingerprint density at radius 2 is 2.00 bits per heavy atom. The number of amides is 1. The minimum absolute atomic E-state index is 0.268. The van der Waals surface area contributed by atoms with Crippen LogP contribution in [0.4, 0.5) is 5.69 Å². The first-order valence-electron chi connectivity index (χ1n) is 8.71. The molecule has 0 spiro atoms. The van der Waals surface area contributed by atoms with Crippen LogP contribution in [-0.4, -0.2) is 55.4 Å². The number of benzene rings is 1. The summed E-state index contributed by atoms with van der Waals surface area (Å²) in [5.74, 6) is -0.341. The first-order chi connectivity index (χ1) is 12.7. The van der Waals surface area contributed by atoms with E-state index in [9.17, 15) is 13.2 Å². The third kappa shape index (κ3) is 5.54. The van der Waals surface area contributed by atoms with Crippen LogP contribution in [0.25, 0.3) is 0 Å². The van der Waals surface area contributed by atoms with Gasteiger partial charge in [0, 0.05) is 39.6 Å². The highest BCUT2D eigenvalue weighted by atomic mass is 32.2. The maximum atomic E-state index is 12.8. The van der Waals surface area contributed by atoms with Crippen LogP contribution in [-0.2, 0) is 21.5 Å². The molecule has 8 nitrogen and oxygen atoms in total. The molecule has 0 unspecified atom stereocenters. The highest BCUT2D eigenvalue weighted by Crippen LogP contribution is 2.25. The van der Waals surface area contributed by atoms with E-state index >= 15 is 0 Å². The van der Waals surface area contributed by atoms with Crippen LogP contribution >= 0.6 is 0 Å². The van der Waals surface area contributed by atoms with Crippen molar-refractivity contribution in [1.29, 1.82) is 0 Å². The summed E-state index contributed by atoms with van der Waals surface area (Å²) in [4.78, 5) is 16.4. The van der Waals surface area contributed by atoms with E-state index in [1.165, 1.54) is 14.1 Å². The number of carbonyl (C=O) groups is 1. The molecular weight excluding hydrogens is 366 g/mol. The average molecular weight is 394 g/mol. The molecule has 1 aromatic carbocycles. The highest BCUT2D eigenvalue weighted by Gasteiger charge is 2.28. The molecule has 0 aliphatic rings. The summed E-state index contributed by atoms with van der Waals surface area (Å²) >= 11 is 0. The molecule has 1 N–H and O–H groups in total. The van der Waals surface area contributed by atoms with Crippen LogP contribution in [0.3, 0.4) is 0 Å². The fourth-order valence-electron chi connectivity index (χ4n) is 2.57. The minimum atomic E-state index is -3.80. The second-order valence-electron chi connectivity index (χ2n) is 6.59. The molecule has 0 saturated heterocycles. The van der Waals surface area contributed by atoms with E-state index in [2.05, 4.69) is 10.3 Å². The molecule has 0 aliphatic heterocycles. The van der Waals surface area contributed by atoms with Crippen LogP contribution in [0.2, 0.25) is 0 Å². The number of imidazole rings is 1. The van der Waals surface area contributed by atoms with Crippen molar-refractivity contribution in [2.45, 2.75) is 26.8 Å². The summed E-state index contributed by atoms with van der Waals surface area (Å²) in [6.45, 7) is 4.64. The number of hydrogen-bond donors (Lipinski definition) is 1. The summed E-state index contributed by atoms with van der Waals surface area (Å²) in [5, 5.41) is 2.79. The molecule has 1 amide bonds. The predicted molar refractivity (Wildman–Crippen MR) is 106 cm³/mol. The quantitative estimate of drug-likeness (QED) is 0.651. The Morgan fingerprint density at radius 3 is 2.63 bits per heavy atom. The number of anilines is 1. The standard InChI is InChI=1S/C18H27N5O3S/c1-15-6-7-16(2)17(12-15)23(27(25,26)21(3)4)13-18(24)20-8-5-10-22-11-9-19-14-22/h6-7,9,11-12,14H,5,8,10,13H2,1-4H3,(H,20,24). The topological polar surface area (TPSA) is 87.5 Å². The summed E-state index contributed by atoms with van der Waals surface area (Å²) in [6.07, 6.45) is 6.00. The second-order valence-corrected chi connectivity index (χ2v) is 8.66. The van der Waals surface area contributed by atoms with Crippen molar-refractivity contribution in [3.05, 3.63) is 48.0 Å². The molecule has 0 atom stereocenters. The van der Waals surface area contributed by atoms with Crippen molar-refractivity contribution >= 4 is 21.8 Å². The van der Waals surface area contributed by atoms with E-state index in [0.29, 0.717) is 12.2 Å². The number of rotatable bonds is 9. The van der Waals surface area contributed by atoms with Gasteiger partial charge in [-0.05, 0) is 37.5 Å². The Bertz CT molecular complexity index is 863. The van der Waals surface area contributed by atoms with Gasteiger partial charge in [0.1, 0.15) is 6.54 Å². The van der Waals surface area contributed by atoms with E-state index in [1.54, 1.807) is 18.6 Å². The van der Waals surface area contributed by atoms with E-state index < -0.39 is 10.2 Å². The second kappa shape index (κ2) is 9.01. The fraction of sp³-hybridized carbons (Fsp3) is 0.444. The Labute approximate surface area is 161 Å². The van der Waals surface area contributed by atoms with Gasteiger partial charge in [0.25, 0.3) is 0 Å². The predicted octanol–water partition coefficient (Wildman–Crippen LogP) is 1.32. The van der Waals surface area contributed by atoms with Gasteiger partial charge in [-0.25, -0.2) is 9.29 Å². The molecule has 0 bridgehead atoms. The van der Waals surface area contributed by atoms with Crippen LogP contribution in [0, 0.1) is 13.8 Å². The van der Waals surface area contributed by atoms with E-state index in [0.717, 1.165) is 32.7 Å². The molecule has 27 heavy (non-hydrogen) atoms. The van der Waals surface area contributed by atoms with Crippen LogP contribution in [0.1, 0.15) is 17.5 Å². The zero-order chi connectivity index (χ0) is 20.0. The Hall–Kier alpha value is -2.39. The van der Waals surface area contributed by atoms with E-state index in [4.69, 9.17) is 0 Å². The monoisotopic (exact) mass is 393 g/mol. The van der Waals surface area contributed by atoms with Crippen LogP contribution in [0.15, 0.2) is 36.9 Å². The SMILES string of the molecule is Cc1ccc(C)c(N(CC(=O)NCCCn2ccnc2)S(=O)(=O)N(C)C)c1. The minimum Gasteiger partial charge on any atom is -0.354 e. The van der Waals surface area contributed by atoms with Gasteiger partial charge >= 0.3 is 10.2 Å². The van der Waals surface area contributed by atoms with Crippen molar-refractivity contribution < 1.29 is 13.2 Å². The maximum absolute atomic E-state index is 12.8. The molecule has 0 saturated carbocycles. The van der Waals surface area contributed by atoms with Crippen LogP contribution in [0.5, 0.6) is 0 Å². The van der Waals surface area contributed by atoms with Gasteiger partial charge in [-0.3, -0.25) is 4.79 Å². The number of carbonyl (C=O) groups excluding carboxylic acids is 1. The fourth-order valence-corrected chi connectivity index (χ4v) is 3.69. The summed E-state index contributed by atoms with van der Waals surface area (Å²) in [6, 6.07) is 5.55. The number of nitrogens with zero attached hydrogens (tertiary/aromatic N) is 4. The lowest BCUT2D eigenvalue weighted by atomic mass is 10.1. The molecule has 148 valence electrons. The molecule has 9 heteroatoms. The smallest absolute Gasteiger partial charge is 0.304 e. The Kier molecular flexibility index (Phi) is 6.98. The molecule has 0 fully saturated rings. The van der Waals surface area contributed by atoms with Gasteiger partial charge < -0.3 is 9.88 Å². The third-order valence-electron chi connectivity index (χ3n) is 4.13. The first-order valence-corrected chi connectivity index (χ1v) is 10.1. The Balaban J connectivity index is 2.07. The average Bonchev–Trinajstić information content (AvgIpc) is 3.12. The number of hydrogen-bond acceptors (Lipinski definition) is 4. The van der Waals surface area contributed by atoms with E-state index in [1.807, 2.05) is 36.7 Å². The number of aromatic nitrogens is 2. The van der Waals surface area contributed by atoms with Gasteiger partial charge in [0.2, 0.25) is 5.91 Å². The highest BCUT2D eigenvalue weighted by molar-refractivity contribution is 7.90. The van der Waals surface area contributed by atoms with E-state index in [-0.39, 0.29) is 12.5 Å². The van der Waals surface area contributed by atoms with Crippen molar-refractivity contribution in [3.63, 3.8) is 0 Å². The van der Waals surface area contributed by atoms with Crippen molar-refractivity contribution in [2.24, 2.45) is 0 Å². The largest absolute Gasteiger partial charge is 0.354 e. The maximum Gasteiger partial charge on any atom is 0.304 e. The molecule has 1 heterocycles. The number of aryl methyl sites for hydroxylation is 3. The molecule has 1 aromatic heterocycles. The molecular formula is C18H27N5O3S. The molecule has 0 aliphatic carbocycles. The lowest BCUT2D eigenvalue weighted by Crippen LogP contribution is -2.46. The molecule has 2 rings (SSSR count). The molecule has 0 radical (unpaired) electrons. The summed E-state index contributed by atoms with van der Waals surface area (Å²) < 4.78 is 29.7. The van der Waals surface area contributed by atoms with Gasteiger partial charge in [-0.15, -0.1) is 0 Å². The third-order valence-corrected chi connectivity index (χ3v) is 5.94. The first kappa shape index (κ1) is 20.9.